The highest BCUT2D eigenvalue weighted by atomic mass is 19.1. The van der Waals surface area contributed by atoms with Crippen LogP contribution in [0.2, 0.25) is 0 Å². The third-order valence-corrected chi connectivity index (χ3v) is 2.97. The van der Waals surface area contributed by atoms with Crippen LogP contribution in [0.3, 0.4) is 0 Å². The van der Waals surface area contributed by atoms with Crippen LogP contribution in [0.4, 0.5) is 4.39 Å². The fraction of sp³-hybridized carbons (Fsp3) is 0.500. The van der Waals surface area contributed by atoms with E-state index in [-0.39, 0.29) is 6.67 Å². The fourth-order valence-corrected chi connectivity index (χ4v) is 1.81. The molecule has 0 unspecified atom stereocenters. The van der Waals surface area contributed by atoms with Gasteiger partial charge in [-0.2, -0.15) is 0 Å². The predicted octanol–water partition coefficient (Wildman–Crippen LogP) is 2.61. The molecule has 100 valence electrons. The van der Waals surface area contributed by atoms with Crippen molar-refractivity contribution in [3.8, 4) is 0 Å². The molecule has 1 aromatic carbocycles. The molecule has 0 aliphatic rings. The van der Waals surface area contributed by atoms with Gasteiger partial charge in [0.05, 0.1) is 12.2 Å². The normalized spacial score (nSPS) is 10.8. The highest BCUT2D eigenvalue weighted by molar-refractivity contribution is 5.87. The third-order valence-electron chi connectivity index (χ3n) is 2.97. The number of hydrogen-bond donors (Lipinski definition) is 1. The predicted molar refractivity (Wildman–Crippen MR) is 69.8 cm³/mol. The molecule has 18 heavy (non-hydrogen) atoms. The Bertz CT molecular complexity index is 365. The van der Waals surface area contributed by atoms with Crippen LogP contribution in [-0.4, -0.2) is 42.3 Å². The quantitative estimate of drug-likeness (QED) is 0.774. The number of nitrogens with zero attached hydrogens (tertiary/aromatic N) is 1. The van der Waals surface area contributed by atoms with E-state index in [1.54, 1.807) is 12.1 Å². The summed E-state index contributed by atoms with van der Waals surface area (Å²) in [4.78, 5) is 12.9. The number of halogens is 1. The van der Waals surface area contributed by atoms with Crippen molar-refractivity contribution in [1.29, 1.82) is 0 Å². The zero-order valence-electron chi connectivity index (χ0n) is 10.7. The lowest BCUT2D eigenvalue weighted by molar-refractivity contribution is 0.0697. The SMILES string of the molecule is CCN(CCCF)CCc1ccc(C(=O)O)cc1. The summed E-state index contributed by atoms with van der Waals surface area (Å²) in [5, 5.41) is 8.79. The molecule has 3 nitrogen and oxygen atoms in total. The number of carboxylic acids is 1. The molecule has 0 saturated carbocycles. The van der Waals surface area contributed by atoms with Crippen molar-refractivity contribution < 1.29 is 14.3 Å². The number of likely N-dealkylation sites (N-methyl/N-ethyl adjacent to an activating group) is 1. The number of hydrogen-bond acceptors (Lipinski definition) is 2. The molecule has 0 atom stereocenters. The van der Waals surface area contributed by atoms with E-state index in [0.29, 0.717) is 12.0 Å². The van der Waals surface area contributed by atoms with E-state index in [9.17, 15) is 9.18 Å². The number of rotatable bonds is 8. The molecular formula is C14H20FNO2. The lowest BCUT2D eigenvalue weighted by Crippen LogP contribution is -2.27. The average molecular weight is 253 g/mol. The lowest BCUT2D eigenvalue weighted by atomic mass is 10.1. The number of benzene rings is 1. The second kappa shape index (κ2) is 7.82. The maximum atomic E-state index is 12.1. The highest BCUT2D eigenvalue weighted by Gasteiger charge is 2.04. The van der Waals surface area contributed by atoms with Crippen molar-refractivity contribution in [2.24, 2.45) is 0 Å². The van der Waals surface area contributed by atoms with Crippen molar-refractivity contribution >= 4 is 5.97 Å². The second-order valence-electron chi connectivity index (χ2n) is 4.23. The third kappa shape index (κ3) is 4.84. The van der Waals surface area contributed by atoms with Gasteiger partial charge < -0.3 is 10.0 Å². The first-order chi connectivity index (χ1) is 8.67. The minimum absolute atomic E-state index is 0.274. The minimum atomic E-state index is -0.903. The molecule has 1 aromatic rings. The zero-order valence-corrected chi connectivity index (χ0v) is 10.7. The monoisotopic (exact) mass is 253 g/mol. The van der Waals surface area contributed by atoms with Gasteiger partial charge in [0.15, 0.2) is 0 Å². The molecule has 0 bridgehead atoms. The first-order valence-corrected chi connectivity index (χ1v) is 6.28. The lowest BCUT2D eigenvalue weighted by Gasteiger charge is -2.19. The van der Waals surface area contributed by atoms with Gasteiger partial charge in [-0.25, -0.2) is 4.79 Å². The molecule has 0 radical (unpaired) electrons. The first kappa shape index (κ1) is 14.6. The molecule has 0 aromatic heterocycles. The standard InChI is InChI=1S/C14H20FNO2/c1-2-16(10-3-9-15)11-8-12-4-6-13(7-5-12)14(17)18/h4-7H,2-3,8-11H2,1H3,(H,17,18). The average Bonchev–Trinajstić information content (AvgIpc) is 2.39. The van der Waals surface area contributed by atoms with Gasteiger partial charge in [-0.3, -0.25) is 4.39 Å². The molecular weight excluding hydrogens is 233 g/mol. The Hall–Kier alpha value is -1.42. The van der Waals surface area contributed by atoms with Crippen molar-refractivity contribution in [3.63, 3.8) is 0 Å². The second-order valence-corrected chi connectivity index (χ2v) is 4.23. The summed E-state index contributed by atoms with van der Waals surface area (Å²) in [7, 11) is 0. The van der Waals surface area contributed by atoms with Gasteiger partial charge >= 0.3 is 5.97 Å². The molecule has 1 rings (SSSR count). The minimum Gasteiger partial charge on any atom is -0.478 e. The van der Waals surface area contributed by atoms with Crippen LogP contribution < -0.4 is 0 Å². The molecule has 0 amide bonds. The number of carbonyl (C=O) groups is 1. The molecule has 0 spiro atoms. The Kier molecular flexibility index (Phi) is 6.36. The van der Waals surface area contributed by atoms with Gasteiger partial charge in [0.1, 0.15) is 0 Å². The van der Waals surface area contributed by atoms with Gasteiger partial charge in [-0.1, -0.05) is 19.1 Å². The molecule has 1 N–H and O–H groups in total. The molecule has 0 aliphatic heterocycles. The number of carboxylic acid groups (broad SMARTS) is 1. The Labute approximate surface area is 107 Å². The fourth-order valence-electron chi connectivity index (χ4n) is 1.81. The van der Waals surface area contributed by atoms with E-state index < -0.39 is 5.97 Å². The van der Waals surface area contributed by atoms with Crippen LogP contribution in [0.1, 0.15) is 29.3 Å². The van der Waals surface area contributed by atoms with Gasteiger partial charge in [-0.15, -0.1) is 0 Å². The van der Waals surface area contributed by atoms with E-state index >= 15 is 0 Å². The smallest absolute Gasteiger partial charge is 0.335 e. The molecule has 4 heteroatoms. The van der Waals surface area contributed by atoms with Gasteiger partial charge in [0.25, 0.3) is 0 Å². The Morgan fingerprint density at radius 3 is 2.44 bits per heavy atom. The van der Waals surface area contributed by atoms with Crippen molar-refractivity contribution in [1.82, 2.24) is 4.90 Å². The number of aromatic carboxylic acids is 1. The van der Waals surface area contributed by atoms with Crippen LogP contribution in [0.15, 0.2) is 24.3 Å². The van der Waals surface area contributed by atoms with E-state index in [2.05, 4.69) is 11.8 Å². The van der Waals surface area contributed by atoms with Gasteiger partial charge in [0.2, 0.25) is 0 Å². The van der Waals surface area contributed by atoms with E-state index in [0.717, 1.165) is 31.6 Å². The van der Waals surface area contributed by atoms with Crippen LogP contribution in [0, 0.1) is 0 Å². The van der Waals surface area contributed by atoms with Crippen LogP contribution in [0.25, 0.3) is 0 Å². The van der Waals surface area contributed by atoms with Crippen molar-refractivity contribution in [3.05, 3.63) is 35.4 Å². The molecule has 0 fully saturated rings. The van der Waals surface area contributed by atoms with E-state index in [4.69, 9.17) is 5.11 Å². The Morgan fingerprint density at radius 2 is 1.94 bits per heavy atom. The van der Waals surface area contributed by atoms with Crippen molar-refractivity contribution in [2.75, 3.05) is 26.3 Å². The summed E-state index contributed by atoms with van der Waals surface area (Å²) in [6.45, 7) is 4.35. The Balaban J connectivity index is 2.44. The topological polar surface area (TPSA) is 40.5 Å². The summed E-state index contributed by atoms with van der Waals surface area (Å²) in [6.07, 6.45) is 1.44. The largest absolute Gasteiger partial charge is 0.478 e. The van der Waals surface area contributed by atoms with E-state index in [1.165, 1.54) is 0 Å². The summed E-state index contributed by atoms with van der Waals surface area (Å²) in [5.41, 5.74) is 1.42. The Morgan fingerprint density at radius 1 is 1.28 bits per heavy atom. The molecule has 0 aliphatic carbocycles. The van der Waals surface area contributed by atoms with Gasteiger partial charge in [-0.05, 0) is 37.1 Å². The number of alkyl halides is 1. The molecule has 0 saturated heterocycles. The maximum absolute atomic E-state index is 12.1. The van der Waals surface area contributed by atoms with Crippen LogP contribution >= 0.6 is 0 Å². The van der Waals surface area contributed by atoms with Crippen LogP contribution in [-0.2, 0) is 6.42 Å². The van der Waals surface area contributed by atoms with Crippen molar-refractivity contribution in [2.45, 2.75) is 19.8 Å². The zero-order chi connectivity index (χ0) is 13.4. The first-order valence-electron chi connectivity index (χ1n) is 6.28. The highest BCUT2D eigenvalue weighted by Crippen LogP contribution is 2.06. The van der Waals surface area contributed by atoms with E-state index in [1.807, 2.05) is 12.1 Å². The van der Waals surface area contributed by atoms with Crippen LogP contribution in [0.5, 0.6) is 0 Å². The summed E-state index contributed by atoms with van der Waals surface area (Å²) in [6, 6.07) is 6.92. The maximum Gasteiger partial charge on any atom is 0.335 e. The summed E-state index contributed by atoms with van der Waals surface area (Å²) >= 11 is 0. The molecule has 0 heterocycles. The summed E-state index contributed by atoms with van der Waals surface area (Å²) < 4.78 is 12.1. The summed E-state index contributed by atoms with van der Waals surface area (Å²) in [5.74, 6) is -0.903. The van der Waals surface area contributed by atoms with Gasteiger partial charge in [0, 0.05) is 13.1 Å².